The maximum absolute atomic E-state index is 13.0. The number of halogens is 9. The van der Waals surface area contributed by atoms with Gasteiger partial charge < -0.3 is 5.11 Å². The molecule has 0 aliphatic heterocycles. The first kappa shape index (κ1) is 20.2. The molecule has 4 nitrogen and oxygen atoms in total. The molecule has 0 spiro atoms. The number of hydrogen-bond acceptors (Lipinski definition) is 3. The summed E-state index contributed by atoms with van der Waals surface area (Å²) >= 11 is 0. The summed E-state index contributed by atoms with van der Waals surface area (Å²) < 4.78 is 134. The third-order valence-electron chi connectivity index (χ3n) is 2.08. The van der Waals surface area contributed by atoms with E-state index in [1.165, 1.54) is 0 Å². The molecule has 2 N–H and O–H groups in total. The van der Waals surface area contributed by atoms with Gasteiger partial charge in [-0.05, 0) is 6.42 Å². The average Bonchev–Trinajstić information content (AvgIpc) is 2.26. The Hall–Kier alpha value is -0.760. The SMILES string of the molecule is O=S(=O)(NCCCO)C(F)(F)C(F)(F)C(F)(F)C(F)(F)F. The molecule has 0 aliphatic carbocycles. The summed E-state index contributed by atoms with van der Waals surface area (Å²) in [6.45, 7) is -1.84. The van der Waals surface area contributed by atoms with E-state index in [4.69, 9.17) is 5.11 Å². The highest BCUT2D eigenvalue weighted by molar-refractivity contribution is 7.90. The second-order valence-electron chi connectivity index (χ2n) is 3.64. The Balaban J connectivity index is 5.67. The quantitative estimate of drug-likeness (QED) is 0.539. The largest absolute Gasteiger partial charge is 0.460 e. The van der Waals surface area contributed by atoms with E-state index in [0.29, 0.717) is 4.72 Å². The maximum atomic E-state index is 13.0. The van der Waals surface area contributed by atoms with Gasteiger partial charge in [-0.1, -0.05) is 0 Å². The Morgan fingerprint density at radius 2 is 1.29 bits per heavy atom. The Morgan fingerprint density at radius 3 is 1.62 bits per heavy atom. The van der Waals surface area contributed by atoms with Gasteiger partial charge >= 0.3 is 23.3 Å². The summed E-state index contributed by atoms with van der Waals surface area (Å²) in [6.07, 6.45) is -7.66. The normalized spacial score (nSPS) is 15.3. The lowest BCUT2D eigenvalue weighted by atomic mass is 10.1. The number of aliphatic hydroxyl groups is 1. The summed E-state index contributed by atoms with van der Waals surface area (Å²) in [6, 6.07) is 0. The van der Waals surface area contributed by atoms with Crippen molar-refractivity contribution in [2.75, 3.05) is 13.2 Å². The summed E-state index contributed by atoms with van der Waals surface area (Å²) in [5.41, 5.74) is 0. The standard InChI is InChI=1S/C7H8F9NO3S/c8-4(9,6(12,13)14)5(10,11)7(15,16)21(19,20)17-2-1-3-18/h17-18H,1-3H2. The Kier molecular flexibility index (Phi) is 5.58. The van der Waals surface area contributed by atoms with Crippen LogP contribution in [0.2, 0.25) is 0 Å². The Labute approximate surface area is 112 Å². The van der Waals surface area contributed by atoms with Gasteiger partial charge in [-0.25, -0.2) is 13.1 Å². The molecule has 128 valence electrons. The summed E-state index contributed by atoms with van der Waals surface area (Å²) in [5.74, 6) is -14.5. The number of alkyl halides is 9. The van der Waals surface area contributed by atoms with Crippen LogP contribution in [0.3, 0.4) is 0 Å². The minimum Gasteiger partial charge on any atom is -0.396 e. The zero-order chi connectivity index (χ0) is 17.3. The zero-order valence-electron chi connectivity index (χ0n) is 9.69. The van der Waals surface area contributed by atoms with Crippen molar-refractivity contribution < 1.29 is 53.0 Å². The van der Waals surface area contributed by atoms with Gasteiger partial charge in [0, 0.05) is 13.2 Å². The van der Waals surface area contributed by atoms with Crippen LogP contribution in [0.25, 0.3) is 0 Å². The highest BCUT2D eigenvalue weighted by Gasteiger charge is 2.85. The van der Waals surface area contributed by atoms with Gasteiger partial charge in [-0.3, -0.25) is 0 Å². The molecule has 0 saturated heterocycles. The molecule has 0 aromatic carbocycles. The van der Waals surface area contributed by atoms with E-state index >= 15 is 0 Å². The lowest BCUT2D eigenvalue weighted by Crippen LogP contribution is -2.64. The van der Waals surface area contributed by atoms with E-state index in [9.17, 15) is 47.9 Å². The van der Waals surface area contributed by atoms with Crippen molar-refractivity contribution in [1.82, 2.24) is 4.72 Å². The van der Waals surface area contributed by atoms with Crippen molar-refractivity contribution in [3.8, 4) is 0 Å². The fourth-order valence-corrected chi connectivity index (χ4v) is 1.97. The van der Waals surface area contributed by atoms with Crippen LogP contribution in [-0.2, 0) is 10.0 Å². The monoisotopic (exact) mass is 357 g/mol. The van der Waals surface area contributed by atoms with Gasteiger partial charge in [-0.15, -0.1) is 0 Å². The molecule has 0 radical (unpaired) electrons. The second kappa shape index (κ2) is 5.79. The van der Waals surface area contributed by atoms with Gasteiger partial charge in [0.05, 0.1) is 0 Å². The fraction of sp³-hybridized carbons (Fsp3) is 1.00. The van der Waals surface area contributed by atoms with E-state index in [1.54, 1.807) is 0 Å². The minimum atomic E-state index is -7.28. The molecule has 0 aliphatic rings. The van der Waals surface area contributed by atoms with E-state index in [1.807, 2.05) is 0 Å². The molecule has 0 bridgehead atoms. The molecule has 0 unspecified atom stereocenters. The average molecular weight is 357 g/mol. The van der Waals surface area contributed by atoms with Crippen LogP contribution in [0, 0.1) is 0 Å². The molecule has 0 saturated carbocycles. The topological polar surface area (TPSA) is 66.4 Å². The third kappa shape index (κ3) is 3.36. The highest BCUT2D eigenvalue weighted by atomic mass is 32.2. The number of nitrogens with one attached hydrogen (secondary N) is 1. The van der Waals surface area contributed by atoms with Gasteiger partial charge in [0.2, 0.25) is 0 Å². The van der Waals surface area contributed by atoms with Crippen LogP contribution in [0.1, 0.15) is 6.42 Å². The van der Waals surface area contributed by atoms with Gasteiger partial charge in [0.1, 0.15) is 0 Å². The van der Waals surface area contributed by atoms with Crippen LogP contribution in [0.15, 0.2) is 0 Å². The first-order valence-electron chi connectivity index (χ1n) is 4.86. The van der Waals surface area contributed by atoms with Crippen LogP contribution < -0.4 is 4.72 Å². The van der Waals surface area contributed by atoms with Crippen LogP contribution in [0.5, 0.6) is 0 Å². The van der Waals surface area contributed by atoms with Crippen LogP contribution in [0.4, 0.5) is 39.5 Å². The van der Waals surface area contributed by atoms with E-state index in [0.717, 1.165) is 0 Å². The molecule has 0 heterocycles. The highest BCUT2D eigenvalue weighted by Crippen LogP contribution is 2.54. The first-order chi connectivity index (χ1) is 9.06. The minimum absolute atomic E-state index is 0.559. The molecule has 0 aromatic heterocycles. The molecule has 14 heteroatoms. The van der Waals surface area contributed by atoms with E-state index in [-0.39, 0.29) is 0 Å². The van der Waals surface area contributed by atoms with Crippen LogP contribution >= 0.6 is 0 Å². The molecule has 0 atom stereocenters. The van der Waals surface area contributed by atoms with E-state index < -0.39 is 52.9 Å². The lowest BCUT2D eigenvalue weighted by molar-refractivity contribution is -0.382. The molecule has 0 amide bonds. The van der Waals surface area contributed by atoms with Crippen molar-refractivity contribution in [2.24, 2.45) is 0 Å². The summed E-state index contributed by atoms with van der Waals surface area (Å²) in [4.78, 5) is 0. The predicted octanol–water partition coefficient (Wildman–Crippen LogP) is 1.71. The van der Waals surface area contributed by atoms with Crippen molar-refractivity contribution in [1.29, 1.82) is 0 Å². The number of rotatable bonds is 7. The second-order valence-corrected chi connectivity index (χ2v) is 5.45. The first-order valence-corrected chi connectivity index (χ1v) is 6.35. The summed E-state index contributed by atoms with van der Waals surface area (Å²) in [5, 5.41) is 1.48. The molecule has 0 fully saturated rings. The number of sulfonamides is 1. The van der Waals surface area contributed by atoms with Gasteiger partial charge in [0.15, 0.2) is 0 Å². The third-order valence-corrected chi connectivity index (χ3v) is 3.60. The predicted molar refractivity (Wildman–Crippen MR) is 49.5 cm³/mol. The van der Waals surface area contributed by atoms with Crippen molar-refractivity contribution >= 4 is 10.0 Å². The van der Waals surface area contributed by atoms with Gasteiger partial charge in [0.25, 0.3) is 10.0 Å². The van der Waals surface area contributed by atoms with E-state index in [2.05, 4.69) is 0 Å². The summed E-state index contributed by atoms with van der Waals surface area (Å²) in [7, 11) is -6.56. The van der Waals surface area contributed by atoms with Crippen molar-refractivity contribution in [2.45, 2.75) is 29.7 Å². The fourth-order valence-electron chi connectivity index (χ4n) is 0.906. The molecule has 0 rings (SSSR count). The molecule has 21 heavy (non-hydrogen) atoms. The number of aliphatic hydroxyl groups excluding tert-OH is 1. The molecular weight excluding hydrogens is 349 g/mol. The Morgan fingerprint density at radius 1 is 0.857 bits per heavy atom. The van der Waals surface area contributed by atoms with Gasteiger partial charge in [-0.2, -0.15) is 39.5 Å². The van der Waals surface area contributed by atoms with Crippen LogP contribution in [-0.4, -0.2) is 50.0 Å². The molecular formula is C7H8F9NO3S. The Bertz CT molecular complexity index is 458. The smallest absolute Gasteiger partial charge is 0.396 e. The number of hydrogen-bond donors (Lipinski definition) is 2. The zero-order valence-corrected chi connectivity index (χ0v) is 10.5. The van der Waals surface area contributed by atoms with Crippen molar-refractivity contribution in [3.05, 3.63) is 0 Å². The molecule has 0 aromatic rings. The lowest BCUT2D eigenvalue weighted by Gasteiger charge is -2.33. The van der Waals surface area contributed by atoms with Crippen molar-refractivity contribution in [3.63, 3.8) is 0 Å². The maximum Gasteiger partial charge on any atom is 0.460 e.